The van der Waals surface area contributed by atoms with Gasteiger partial charge in [-0.15, -0.1) is 0 Å². The zero-order valence-electron chi connectivity index (χ0n) is 26.6. The Morgan fingerprint density at radius 2 is 0.960 bits per heavy atom. The summed E-state index contributed by atoms with van der Waals surface area (Å²) in [4.78, 5) is 15.2. The van der Waals surface area contributed by atoms with Gasteiger partial charge < -0.3 is 8.83 Å². The maximum absolute atomic E-state index is 6.54. The average Bonchev–Trinajstić information content (AvgIpc) is 3.76. The second-order valence-corrected chi connectivity index (χ2v) is 12.8. The maximum Gasteiger partial charge on any atom is 0.164 e. The molecule has 0 saturated heterocycles. The van der Waals surface area contributed by atoms with Crippen LogP contribution < -0.4 is 0 Å². The number of nitrogens with zero attached hydrogens (tertiary/aromatic N) is 3. The van der Waals surface area contributed by atoms with E-state index >= 15 is 0 Å². The van der Waals surface area contributed by atoms with Crippen molar-refractivity contribution in [3.8, 4) is 34.2 Å². The molecule has 0 aliphatic heterocycles. The number of fused-ring (bicyclic) bond motifs is 12. The number of hydrogen-bond acceptors (Lipinski definition) is 5. The highest BCUT2D eigenvalue weighted by Gasteiger charge is 2.19. The molecule has 0 amide bonds. The molecular formula is C45H25N3O2. The molecule has 50 heavy (non-hydrogen) atoms. The Bertz CT molecular complexity index is 3160. The largest absolute Gasteiger partial charge is 0.456 e. The molecule has 8 aromatic carbocycles. The summed E-state index contributed by atoms with van der Waals surface area (Å²) >= 11 is 0. The van der Waals surface area contributed by atoms with E-state index in [9.17, 15) is 0 Å². The van der Waals surface area contributed by atoms with Crippen LogP contribution in [0.4, 0.5) is 0 Å². The molecule has 0 radical (unpaired) electrons. The van der Waals surface area contributed by atoms with Gasteiger partial charge >= 0.3 is 0 Å². The van der Waals surface area contributed by atoms with Crippen molar-refractivity contribution in [2.75, 3.05) is 0 Å². The zero-order chi connectivity index (χ0) is 32.8. The van der Waals surface area contributed by atoms with Crippen molar-refractivity contribution in [1.82, 2.24) is 15.0 Å². The fraction of sp³-hybridized carbons (Fsp3) is 0. The van der Waals surface area contributed by atoms with Crippen molar-refractivity contribution in [3.63, 3.8) is 0 Å². The monoisotopic (exact) mass is 639 g/mol. The Morgan fingerprint density at radius 1 is 0.340 bits per heavy atom. The first-order valence-corrected chi connectivity index (χ1v) is 16.7. The topological polar surface area (TPSA) is 65.0 Å². The minimum Gasteiger partial charge on any atom is -0.456 e. The second-order valence-electron chi connectivity index (χ2n) is 12.8. The Hall–Kier alpha value is -6.85. The lowest BCUT2D eigenvalue weighted by atomic mass is 9.94. The van der Waals surface area contributed by atoms with Gasteiger partial charge in [-0.25, -0.2) is 15.0 Å². The molecule has 0 N–H and O–H groups in total. The van der Waals surface area contributed by atoms with Crippen LogP contribution in [-0.4, -0.2) is 15.0 Å². The summed E-state index contributed by atoms with van der Waals surface area (Å²) in [5.41, 5.74) is 6.19. The van der Waals surface area contributed by atoms with Crippen LogP contribution in [0.25, 0.3) is 110 Å². The van der Waals surface area contributed by atoms with Gasteiger partial charge in [-0.2, -0.15) is 0 Å². The number of rotatable bonds is 3. The Kier molecular flexibility index (Phi) is 5.60. The predicted octanol–water partition coefficient (Wildman–Crippen LogP) is 12.1. The lowest BCUT2D eigenvalue weighted by Crippen LogP contribution is -2.00. The second kappa shape index (κ2) is 10.3. The first-order valence-electron chi connectivity index (χ1n) is 16.7. The fourth-order valence-electron chi connectivity index (χ4n) is 7.59. The molecule has 0 aliphatic rings. The number of aromatic nitrogens is 3. The Labute approximate surface area is 285 Å². The van der Waals surface area contributed by atoms with Crippen LogP contribution in [0.2, 0.25) is 0 Å². The highest BCUT2D eigenvalue weighted by Crippen LogP contribution is 2.41. The SMILES string of the molecule is c1ccc(-c2nc(-c3ccc4c(ccc5ccc6ccc7c8ccccc8oc7c6c54)c3)nc(-c3cccc4oc5ccccc5c34)n2)cc1. The molecule has 0 atom stereocenters. The standard InChI is InChI=1S/C45H25N3O2/c1-2-9-28(10-3-1)43-46-44(48-45(47-43)35-13-8-16-38-41(35)34-12-5-7-15-37(34)49-38)30-22-23-31-29(25-30)20-19-26-17-18-27-21-24-33-32-11-4-6-14-36(32)50-42(33)40(27)39(26)31/h1-25H. The molecule has 11 rings (SSSR count). The molecule has 0 spiro atoms. The van der Waals surface area contributed by atoms with Crippen molar-refractivity contribution in [1.29, 1.82) is 0 Å². The van der Waals surface area contributed by atoms with E-state index < -0.39 is 0 Å². The molecule has 3 aromatic heterocycles. The van der Waals surface area contributed by atoms with Crippen LogP contribution in [0, 0.1) is 0 Å². The van der Waals surface area contributed by atoms with Crippen LogP contribution in [0.5, 0.6) is 0 Å². The van der Waals surface area contributed by atoms with Crippen LogP contribution in [0.15, 0.2) is 160 Å². The van der Waals surface area contributed by atoms with Crippen molar-refractivity contribution < 1.29 is 8.83 Å². The number of furan rings is 2. The van der Waals surface area contributed by atoms with E-state index in [2.05, 4.69) is 78.9 Å². The zero-order valence-corrected chi connectivity index (χ0v) is 26.6. The molecule has 0 unspecified atom stereocenters. The minimum absolute atomic E-state index is 0.600. The molecule has 5 nitrogen and oxygen atoms in total. The molecule has 5 heteroatoms. The van der Waals surface area contributed by atoms with E-state index in [1.807, 2.05) is 72.8 Å². The number of benzene rings is 8. The molecule has 11 aromatic rings. The van der Waals surface area contributed by atoms with Gasteiger partial charge in [0.15, 0.2) is 17.5 Å². The summed E-state index contributed by atoms with van der Waals surface area (Å²) in [7, 11) is 0. The molecule has 3 heterocycles. The molecule has 0 bridgehead atoms. The highest BCUT2D eigenvalue weighted by atomic mass is 16.3. The van der Waals surface area contributed by atoms with Gasteiger partial charge in [-0.05, 0) is 51.9 Å². The quantitative estimate of drug-likeness (QED) is 0.180. The van der Waals surface area contributed by atoms with E-state index in [1.165, 1.54) is 10.8 Å². The van der Waals surface area contributed by atoms with Gasteiger partial charge in [0.1, 0.15) is 22.3 Å². The first kappa shape index (κ1) is 27.1. The third-order valence-electron chi connectivity index (χ3n) is 9.89. The van der Waals surface area contributed by atoms with E-state index in [4.69, 9.17) is 23.8 Å². The van der Waals surface area contributed by atoms with Crippen molar-refractivity contribution >= 4 is 76.2 Å². The van der Waals surface area contributed by atoms with Gasteiger partial charge in [0.2, 0.25) is 0 Å². The fourth-order valence-corrected chi connectivity index (χ4v) is 7.59. The number of hydrogen-bond donors (Lipinski definition) is 0. The van der Waals surface area contributed by atoms with Gasteiger partial charge in [-0.3, -0.25) is 0 Å². The van der Waals surface area contributed by atoms with Crippen molar-refractivity contribution in [2.45, 2.75) is 0 Å². The Balaban J connectivity index is 1.16. The lowest BCUT2D eigenvalue weighted by Gasteiger charge is -2.12. The summed E-state index contributed by atoms with van der Waals surface area (Å²) in [6.45, 7) is 0. The number of para-hydroxylation sites is 2. The normalized spacial score (nSPS) is 12.0. The molecular weight excluding hydrogens is 615 g/mol. The van der Waals surface area contributed by atoms with Crippen molar-refractivity contribution in [2.24, 2.45) is 0 Å². The first-order chi connectivity index (χ1) is 24.8. The van der Waals surface area contributed by atoms with E-state index in [0.717, 1.165) is 82.1 Å². The molecule has 0 aliphatic carbocycles. The summed E-state index contributed by atoms with van der Waals surface area (Å²) < 4.78 is 12.8. The van der Waals surface area contributed by atoms with Gasteiger partial charge in [0.25, 0.3) is 0 Å². The third kappa shape index (κ3) is 3.98. The predicted molar refractivity (Wildman–Crippen MR) is 203 cm³/mol. The molecule has 0 fully saturated rings. The summed E-state index contributed by atoms with van der Waals surface area (Å²) in [5, 5.41) is 11.1. The van der Waals surface area contributed by atoms with Gasteiger partial charge in [0, 0.05) is 49.0 Å². The summed E-state index contributed by atoms with van der Waals surface area (Å²) in [6.07, 6.45) is 0. The van der Waals surface area contributed by atoms with Crippen LogP contribution in [-0.2, 0) is 0 Å². The van der Waals surface area contributed by atoms with Gasteiger partial charge in [-0.1, -0.05) is 121 Å². The average molecular weight is 640 g/mol. The van der Waals surface area contributed by atoms with E-state index in [1.54, 1.807) is 0 Å². The van der Waals surface area contributed by atoms with Crippen LogP contribution in [0.3, 0.4) is 0 Å². The highest BCUT2D eigenvalue weighted by molar-refractivity contribution is 6.28. The minimum atomic E-state index is 0.600. The van der Waals surface area contributed by atoms with Crippen molar-refractivity contribution in [3.05, 3.63) is 152 Å². The molecule has 232 valence electrons. The summed E-state index contributed by atoms with van der Waals surface area (Å²) in [6, 6.07) is 52.2. The van der Waals surface area contributed by atoms with Crippen LogP contribution >= 0.6 is 0 Å². The molecule has 0 saturated carbocycles. The Morgan fingerprint density at radius 3 is 1.80 bits per heavy atom. The van der Waals surface area contributed by atoms with E-state index in [0.29, 0.717) is 17.5 Å². The van der Waals surface area contributed by atoms with Crippen LogP contribution in [0.1, 0.15) is 0 Å². The maximum atomic E-state index is 6.54. The smallest absolute Gasteiger partial charge is 0.164 e. The van der Waals surface area contributed by atoms with Gasteiger partial charge in [0.05, 0.1) is 0 Å². The lowest BCUT2D eigenvalue weighted by molar-refractivity contribution is 0.669. The van der Waals surface area contributed by atoms with E-state index in [-0.39, 0.29) is 0 Å². The third-order valence-corrected chi connectivity index (χ3v) is 9.89. The summed E-state index contributed by atoms with van der Waals surface area (Å²) in [5.74, 6) is 1.83.